The third-order valence-electron chi connectivity index (χ3n) is 3.74. The average molecular weight is 351 g/mol. The van der Waals surface area contributed by atoms with Gasteiger partial charge in [-0.25, -0.2) is 10.9 Å². The van der Waals surface area contributed by atoms with Crippen LogP contribution in [0.3, 0.4) is 0 Å². The predicted octanol–water partition coefficient (Wildman–Crippen LogP) is 1.46. The van der Waals surface area contributed by atoms with E-state index in [4.69, 9.17) is 0 Å². The minimum Gasteiger partial charge on any atom is -0.480 e. The summed E-state index contributed by atoms with van der Waals surface area (Å²) in [5.74, 6) is -1.37. The molecule has 0 radical (unpaired) electrons. The maximum Gasteiger partial charge on any atom is 0.322 e. The molecule has 0 fully saturated rings. The maximum absolute atomic E-state index is 11.5. The van der Waals surface area contributed by atoms with Gasteiger partial charge in [-0.05, 0) is 30.1 Å². The first-order chi connectivity index (χ1) is 11.5. The Morgan fingerprint density at radius 1 is 1.17 bits per heavy atom. The second kappa shape index (κ2) is 8.72. The van der Waals surface area contributed by atoms with Gasteiger partial charge >= 0.3 is 11.9 Å². The number of hydrazine groups is 1. The lowest BCUT2D eigenvalue weighted by Gasteiger charge is -2.19. The number of fused-ring (bicyclic) bond motifs is 1. The van der Waals surface area contributed by atoms with Gasteiger partial charge in [0, 0.05) is 23.5 Å². The molecule has 0 aliphatic rings. The monoisotopic (exact) mass is 351 g/mol. The van der Waals surface area contributed by atoms with Crippen LogP contribution in [-0.2, 0) is 16.0 Å². The van der Waals surface area contributed by atoms with Gasteiger partial charge in [-0.3, -0.25) is 9.59 Å². The molecule has 0 spiro atoms. The van der Waals surface area contributed by atoms with Gasteiger partial charge < -0.3 is 15.2 Å². The quantitative estimate of drug-likeness (QED) is 0.412. The number of thioether (sulfide) groups is 1. The van der Waals surface area contributed by atoms with Crippen LogP contribution in [0, 0.1) is 0 Å². The predicted molar refractivity (Wildman–Crippen MR) is 94.1 cm³/mol. The molecule has 8 heteroatoms. The van der Waals surface area contributed by atoms with Crippen LogP contribution < -0.4 is 10.9 Å². The fourth-order valence-electron chi connectivity index (χ4n) is 2.41. The van der Waals surface area contributed by atoms with Crippen molar-refractivity contribution in [2.45, 2.75) is 24.9 Å². The zero-order valence-corrected chi connectivity index (χ0v) is 14.1. The molecule has 1 heterocycles. The molecule has 2 aromatic rings. The van der Waals surface area contributed by atoms with E-state index in [0.717, 1.165) is 16.5 Å². The van der Waals surface area contributed by atoms with Gasteiger partial charge in [-0.2, -0.15) is 11.8 Å². The summed E-state index contributed by atoms with van der Waals surface area (Å²) in [4.78, 5) is 25.8. The fraction of sp³-hybridized carbons (Fsp3) is 0.375. The smallest absolute Gasteiger partial charge is 0.322 e. The summed E-state index contributed by atoms with van der Waals surface area (Å²) < 4.78 is 0. The van der Waals surface area contributed by atoms with Crippen molar-refractivity contribution in [2.24, 2.45) is 0 Å². The first-order valence-corrected chi connectivity index (χ1v) is 8.93. The molecule has 2 rings (SSSR count). The number of carbonyl (C=O) groups is 2. The number of hydrogen-bond acceptors (Lipinski definition) is 5. The maximum atomic E-state index is 11.5. The molecule has 0 amide bonds. The Bertz CT molecular complexity index is 703. The second-order valence-electron chi connectivity index (χ2n) is 5.42. The Balaban J connectivity index is 2.04. The van der Waals surface area contributed by atoms with E-state index in [1.54, 1.807) is 18.0 Å². The van der Waals surface area contributed by atoms with Gasteiger partial charge in [0.25, 0.3) is 0 Å². The van der Waals surface area contributed by atoms with Crippen LogP contribution in [0.4, 0.5) is 0 Å². The highest BCUT2D eigenvalue weighted by atomic mass is 32.2. The van der Waals surface area contributed by atoms with E-state index in [9.17, 15) is 19.8 Å². The molecule has 0 aliphatic heterocycles. The number of H-pyrrole nitrogens is 1. The molecular weight excluding hydrogens is 330 g/mol. The number of benzene rings is 1. The van der Waals surface area contributed by atoms with Gasteiger partial charge in [0.2, 0.25) is 0 Å². The molecule has 0 unspecified atom stereocenters. The second-order valence-corrected chi connectivity index (χ2v) is 6.40. The third kappa shape index (κ3) is 4.73. The third-order valence-corrected chi connectivity index (χ3v) is 4.38. The standard InChI is InChI=1S/C16H21N3O4S/c1-24-7-6-13(15(20)21)18-19-14(16(22)23)8-10-9-17-12-5-3-2-4-11(10)12/h2-5,9,13-14,17-19H,6-8H2,1H3,(H,20,21)(H,22,23)/t13-,14-/m0/s1. The highest BCUT2D eigenvalue weighted by molar-refractivity contribution is 7.98. The van der Waals surface area contributed by atoms with Crippen LogP contribution in [-0.4, -0.2) is 51.2 Å². The Morgan fingerprint density at radius 3 is 2.50 bits per heavy atom. The lowest BCUT2D eigenvalue weighted by molar-refractivity contribution is -0.143. The Labute approximate surface area is 143 Å². The van der Waals surface area contributed by atoms with Gasteiger partial charge in [-0.1, -0.05) is 18.2 Å². The summed E-state index contributed by atoms with van der Waals surface area (Å²) in [6, 6.07) is 5.88. The molecule has 2 atom stereocenters. The van der Waals surface area contributed by atoms with Gasteiger partial charge in [-0.15, -0.1) is 0 Å². The number of aliphatic carboxylic acids is 2. The fourth-order valence-corrected chi connectivity index (χ4v) is 2.89. The number of carboxylic acids is 2. The highest BCUT2D eigenvalue weighted by Gasteiger charge is 2.23. The van der Waals surface area contributed by atoms with E-state index in [1.165, 1.54) is 0 Å². The lowest BCUT2D eigenvalue weighted by atomic mass is 10.1. The normalized spacial score (nSPS) is 13.7. The van der Waals surface area contributed by atoms with Crippen molar-refractivity contribution in [2.75, 3.05) is 12.0 Å². The van der Waals surface area contributed by atoms with Crippen LogP contribution in [0.25, 0.3) is 10.9 Å². The van der Waals surface area contributed by atoms with Crippen LogP contribution in [0.15, 0.2) is 30.5 Å². The van der Waals surface area contributed by atoms with Crippen LogP contribution in [0.2, 0.25) is 0 Å². The van der Waals surface area contributed by atoms with E-state index in [-0.39, 0.29) is 6.42 Å². The van der Waals surface area contributed by atoms with Crippen molar-refractivity contribution in [3.63, 3.8) is 0 Å². The van der Waals surface area contributed by atoms with E-state index in [2.05, 4.69) is 15.8 Å². The molecule has 1 aromatic heterocycles. The Kier molecular flexibility index (Phi) is 6.65. The molecule has 24 heavy (non-hydrogen) atoms. The first-order valence-electron chi connectivity index (χ1n) is 7.53. The summed E-state index contributed by atoms with van der Waals surface area (Å²) in [5, 5.41) is 19.6. The van der Waals surface area contributed by atoms with E-state index < -0.39 is 24.0 Å². The van der Waals surface area contributed by atoms with Gasteiger partial charge in [0.05, 0.1) is 0 Å². The van der Waals surface area contributed by atoms with Crippen molar-refractivity contribution in [1.29, 1.82) is 0 Å². The zero-order valence-electron chi connectivity index (χ0n) is 13.3. The van der Waals surface area contributed by atoms with Gasteiger partial charge in [0.1, 0.15) is 12.1 Å². The molecule has 1 aromatic carbocycles. The average Bonchev–Trinajstić information content (AvgIpc) is 2.96. The molecule has 0 bridgehead atoms. The molecule has 0 saturated carbocycles. The Hall–Kier alpha value is -2.03. The number of para-hydroxylation sites is 1. The summed E-state index contributed by atoms with van der Waals surface area (Å²) in [7, 11) is 0. The summed E-state index contributed by atoms with van der Waals surface area (Å²) in [6.07, 6.45) is 4.32. The molecule has 0 saturated heterocycles. The SMILES string of the molecule is CSCC[C@H](NN[C@@H](Cc1c[nH]c2ccccc12)C(=O)O)C(=O)O. The van der Waals surface area contributed by atoms with Crippen molar-refractivity contribution < 1.29 is 19.8 Å². The highest BCUT2D eigenvalue weighted by Crippen LogP contribution is 2.19. The summed E-state index contributed by atoms with van der Waals surface area (Å²) in [5.41, 5.74) is 7.10. The first kappa shape index (κ1) is 18.3. The van der Waals surface area contributed by atoms with Crippen LogP contribution >= 0.6 is 11.8 Å². The van der Waals surface area contributed by atoms with Crippen LogP contribution in [0.1, 0.15) is 12.0 Å². The number of carboxylic acid groups (broad SMARTS) is 2. The van der Waals surface area contributed by atoms with Crippen molar-refractivity contribution in [3.05, 3.63) is 36.0 Å². The molecule has 7 nitrogen and oxygen atoms in total. The topological polar surface area (TPSA) is 114 Å². The number of aromatic amines is 1. The number of aromatic nitrogens is 1. The summed E-state index contributed by atoms with van der Waals surface area (Å²) in [6.45, 7) is 0. The van der Waals surface area contributed by atoms with Crippen molar-refractivity contribution >= 4 is 34.6 Å². The largest absolute Gasteiger partial charge is 0.480 e. The van der Waals surface area contributed by atoms with E-state index in [0.29, 0.717) is 12.2 Å². The minimum atomic E-state index is -1.04. The van der Waals surface area contributed by atoms with Crippen LogP contribution in [0.5, 0.6) is 0 Å². The number of nitrogens with one attached hydrogen (secondary N) is 3. The van der Waals surface area contributed by atoms with E-state index in [1.807, 2.05) is 30.5 Å². The number of hydrogen-bond donors (Lipinski definition) is 5. The molecular formula is C16H21N3O4S. The molecule has 130 valence electrons. The van der Waals surface area contributed by atoms with Gasteiger partial charge in [0.15, 0.2) is 0 Å². The van der Waals surface area contributed by atoms with Crippen molar-refractivity contribution in [3.8, 4) is 0 Å². The summed E-state index contributed by atoms with van der Waals surface area (Å²) >= 11 is 1.54. The minimum absolute atomic E-state index is 0.237. The number of rotatable bonds is 10. The molecule has 0 aliphatic carbocycles. The van der Waals surface area contributed by atoms with E-state index >= 15 is 0 Å². The molecule has 5 N–H and O–H groups in total. The van der Waals surface area contributed by atoms with Crippen molar-refractivity contribution in [1.82, 2.24) is 15.8 Å². The zero-order chi connectivity index (χ0) is 17.5. The Morgan fingerprint density at radius 2 is 1.83 bits per heavy atom. The lowest BCUT2D eigenvalue weighted by Crippen LogP contribution is -2.53.